The molecule has 0 aliphatic rings. The third-order valence-corrected chi connectivity index (χ3v) is 3.93. The normalized spacial score (nSPS) is 11.0. The molecule has 2 aromatic rings. The van der Waals surface area contributed by atoms with Gasteiger partial charge in [0.25, 0.3) is 0 Å². The van der Waals surface area contributed by atoms with Gasteiger partial charge in [-0.05, 0) is 55.0 Å². The molecule has 20 heavy (non-hydrogen) atoms. The predicted molar refractivity (Wildman–Crippen MR) is 86.0 cm³/mol. The Morgan fingerprint density at radius 1 is 1.00 bits per heavy atom. The minimum absolute atomic E-state index is 0.124. The first-order chi connectivity index (χ1) is 9.49. The quantitative estimate of drug-likeness (QED) is 0.511. The highest BCUT2D eigenvalue weighted by Crippen LogP contribution is 2.25. The van der Waals surface area contributed by atoms with Crippen LogP contribution < -0.4 is 0 Å². The van der Waals surface area contributed by atoms with Gasteiger partial charge in [-0.2, -0.15) is 0 Å². The molecule has 0 unspecified atom stereocenters. The van der Waals surface area contributed by atoms with E-state index in [-0.39, 0.29) is 5.78 Å². The second kappa shape index (κ2) is 6.45. The first kappa shape index (κ1) is 15.1. The van der Waals surface area contributed by atoms with E-state index in [4.69, 9.17) is 34.8 Å². The Balaban J connectivity index is 2.27. The van der Waals surface area contributed by atoms with Crippen LogP contribution in [0.3, 0.4) is 0 Å². The smallest absolute Gasteiger partial charge is 0.185 e. The molecule has 0 atom stereocenters. The van der Waals surface area contributed by atoms with E-state index in [0.29, 0.717) is 26.2 Å². The average Bonchev–Trinajstić information content (AvgIpc) is 2.41. The zero-order valence-electron chi connectivity index (χ0n) is 10.7. The van der Waals surface area contributed by atoms with Crippen LogP contribution >= 0.6 is 34.8 Å². The van der Waals surface area contributed by atoms with E-state index >= 15 is 0 Å². The van der Waals surface area contributed by atoms with Crippen LogP contribution in [0.2, 0.25) is 15.1 Å². The Kier molecular flexibility index (Phi) is 4.87. The third kappa shape index (κ3) is 3.43. The summed E-state index contributed by atoms with van der Waals surface area (Å²) in [5.41, 5.74) is 2.07. The molecule has 0 aliphatic carbocycles. The molecule has 0 radical (unpaired) electrons. The summed E-state index contributed by atoms with van der Waals surface area (Å²) in [6.07, 6.45) is 3.08. The highest BCUT2D eigenvalue weighted by molar-refractivity contribution is 6.37. The van der Waals surface area contributed by atoms with Crippen LogP contribution in [-0.2, 0) is 0 Å². The van der Waals surface area contributed by atoms with Crippen LogP contribution in [0, 0.1) is 6.92 Å². The lowest BCUT2D eigenvalue weighted by molar-refractivity contribution is 0.104. The lowest BCUT2D eigenvalue weighted by Crippen LogP contribution is -1.95. The van der Waals surface area contributed by atoms with Gasteiger partial charge < -0.3 is 0 Å². The molecule has 0 saturated carbocycles. The van der Waals surface area contributed by atoms with Gasteiger partial charge in [0.1, 0.15) is 0 Å². The fraction of sp³-hybridized carbons (Fsp3) is 0.0625. The fourth-order valence-electron chi connectivity index (χ4n) is 1.72. The number of allylic oxidation sites excluding steroid dienone is 1. The molecule has 0 fully saturated rings. The number of carbonyl (C=O) groups is 1. The molecule has 0 amide bonds. The maximum absolute atomic E-state index is 12.1. The van der Waals surface area contributed by atoms with E-state index in [9.17, 15) is 4.79 Å². The number of hydrogen-bond acceptors (Lipinski definition) is 1. The highest BCUT2D eigenvalue weighted by Gasteiger charge is 2.06. The summed E-state index contributed by atoms with van der Waals surface area (Å²) < 4.78 is 0. The summed E-state index contributed by atoms with van der Waals surface area (Å²) in [4.78, 5) is 12.1. The van der Waals surface area contributed by atoms with E-state index in [2.05, 4.69) is 0 Å². The first-order valence-corrected chi connectivity index (χ1v) is 7.05. The molecular weight excluding hydrogens is 315 g/mol. The van der Waals surface area contributed by atoms with Crippen molar-refractivity contribution in [3.05, 3.63) is 74.2 Å². The van der Waals surface area contributed by atoms with E-state index in [1.807, 2.05) is 6.92 Å². The zero-order valence-corrected chi connectivity index (χ0v) is 12.9. The summed E-state index contributed by atoms with van der Waals surface area (Å²) in [5, 5.41) is 1.65. The topological polar surface area (TPSA) is 17.1 Å². The summed E-state index contributed by atoms with van der Waals surface area (Å²) in [7, 11) is 0. The van der Waals surface area contributed by atoms with Crippen LogP contribution in [0.25, 0.3) is 6.08 Å². The van der Waals surface area contributed by atoms with Gasteiger partial charge in [0.2, 0.25) is 0 Å². The SMILES string of the molecule is Cc1cc(C(=O)C=Cc2c(Cl)cccc2Cl)ccc1Cl. The van der Waals surface area contributed by atoms with Crippen molar-refractivity contribution in [3.8, 4) is 0 Å². The average molecular weight is 326 g/mol. The van der Waals surface area contributed by atoms with Gasteiger partial charge in [0, 0.05) is 26.2 Å². The second-order valence-electron chi connectivity index (χ2n) is 4.30. The first-order valence-electron chi connectivity index (χ1n) is 5.91. The molecule has 2 rings (SSSR count). The monoisotopic (exact) mass is 324 g/mol. The van der Waals surface area contributed by atoms with Crippen LogP contribution in [0.1, 0.15) is 21.5 Å². The number of benzene rings is 2. The van der Waals surface area contributed by atoms with E-state index in [0.717, 1.165) is 5.56 Å². The Morgan fingerprint density at radius 3 is 2.25 bits per heavy atom. The van der Waals surface area contributed by atoms with Gasteiger partial charge >= 0.3 is 0 Å². The summed E-state index contributed by atoms with van der Waals surface area (Å²) in [5.74, 6) is -0.124. The standard InChI is InChI=1S/C16H11Cl3O/c1-10-9-11(5-7-13(10)17)16(20)8-6-12-14(18)3-2-4-15(12)19/h2-9H,1H3. The van der Waals surface area contributed by atoms with Gasteiger partial charge in [-0.3, -0.25) is 4.79 Å². The lowest BCUT2D eigenvalue weighted by atomic mass is 10.1. The maximum atomic E-state index is 12.1. The summed E-state index contributed by atoms with van der Waals surface area (Å²) >= 11 is 18.0. The number of ketones is 1. The minimum atomic E-state index is -0.124. The molecule has 0 aliphatic heterocycles. The predicted octanol–water partition coefficient (Wildman–Crippen LogP) is 5.85. The molecule has 0 N–H and O–H groups in total. The van der Waals surface area contributed by atoms with Crippen molar-refractivity contribution in [1.29, 1.82) is 0 Å². The van der Waals surface area contributed by atoms with Crippen molar-refractivity contribution >= 4 is 46.7 Å². The van der Waals surface area contributed by atoms with Crippen LogP contribution in [0.4, 0.5) is 0 Å². The number of carbonyl (C=O) groups excluding carboxylic acids is 1. The van der Waals surface area contributed by atoms with E-state index in [1.54, 1.807) is 42.5 Å². The molecule has 2 aromatic carbocycles. The molecule has 0 saturated heterocycles. The maximum Gasteiger partial charge on any atom is 0.185 e. The van der Waals surface area contributed by atoms with E-state index in [1.165, 1.54) is 6.08 Å². The Labute approximate surface area is 132 Å². The number of rotatable bonds is 3. The van der Waals surface area contributed by atoms with Crippen LogP contribution in [-0.4, -0.2) is 5.78 Å². The highest BCUT2D eigenvalue weighted by atomic mass is 35.5. The number of hydrogen-bond donors (Lipinski definition) is 0. The molecule has 0 spiro atoms. The third-order valence-electron chi connectivity index (χ3n) is 2.84. The van der Waals surface area contributed by atoms with Crippen molar-refractivity contribution in [3.63, 3.8) is 0 Å². The van der Waals surface area contributed by atoms with Crippen molar-refractivity contribution in [1.82, 2.24) is 0 Å². The zero-order chi connectivity index (χ0) is 14.7. The molecule has 102 valence electrons. The lowest BCUT2D eigenvalue weighted by Gasteiger charge is -2.02. The number of halogens is 3. The summed E-state index contributed by atoms with van der Waals surface area (Å²) in [6.45, 7) is 1.85. The minimum Gasteiger partial charge on any atom is -0.289 e. The molecule has 0 heterocycles. The van der Waals surface area contributed by atoms with Crippen LogP contribution in [0.5, 0.6) is 0 Å². The Bertz CT molecular complexity index is 670. The number of aryl methyl sites for hydroxylation is 1. The molecule has 0 bridgehead atoms. The van der Waals surface area contributed by atoms with Crippen molar-refractivity contribution < 1.29 is 4.79 Å². The van der Waals surface area contributed by atoms with Gasteiger partial charge in [-0.1, -0.05) is 40.9 Å². The summed E-state index contributed by atoms with van der Waals surface area (Å²) in [6, 6.07) is 10.4. The molecule has 4 heteroatoms. The van der Waals surface area contributed by atoms with Crippen LogP contribution in [0.15, 0.2) is 42.5 Å². The van der Waals surface area contributed by atoms with Crippen molar-refractivity contribution in [2.45, 2.75) is 6.92 Å². The van der Waals surface area contributed by atoms with Gasteiger partial charge in [-0.25, -0.2) is 0 Å². The largest absolute Gasteiger partial charge is 0.289 e. The Morgan fingerprint density at radius 2 is 1.65 bits per heavy atom. The molecule has 0 aromatic heterocycles. The van der Waals surface area contributed by atoms with Crippen molar-refractivity contribution in [2.75, 3.05) is 0 Å². The Hall–Kier alpha value is -1.28. The molecule has 1 nitrogen and oxygen atoms in total. The second-order valence-corrected chi connectivity index (χ2v) is 5.52. The van der Waals surface area contributed by atoms with Gasteiger partial charge in [0.15, 0.2) is 5.78 Å². The molecular formula is C16H11Cl3O. The van der Waals surface area contributed by atoms with E-state index < -0.39 is 0 Å². The van der Waals surface area contributed by atoms with Gasteiger partial charge in [0.05, 0.1) is 0 Å². The van der Waals surface area contributed by atoms with Gasteiger partial charge in [-0.15, -0.1) is 0 Å². The van der Waals surface area contributed by atoms with Crippen molar-refractivity contribution in [2.24, 2.45) is 0 Å². The fourth-order valence-corrected chi connectivity index (χ4v) is 2.36.